The van der Waals surface area contributed by atoms with Gasteiger partial charge >= 0.3 is 5.51 Å². The van der Waals surface area contributed by atoms with E-state index >= 15 is 0 Å². The van der Waals surface area contributed by atoms with Crippen LogP contribution in [-0.4, -0.2) is 40.8 Å². The number of primary amides is 1. The van der Waals surface area contributed by atoms with Crippen LogP contribution in [0.15, 0.2) is 34.5 Å². The molecule has 0 spiro atoms. The SMILES string of the molecule is NC(=O)Cc1nc(CO)sc1-c1csc(NC(=O)Cc2ccc(S(=O)(=O)C(F)(F)F)cc2)n1. The number of nitrogens with two attached hydrogens (primary N) is 1. The van der Waals surface area contributed by atoms with Crippen LogP contribution in [0.3, 0.4) is 0 Å². The Morgan fingerprint density at radius 3 is 2.36 bits per heavy atom. The van der Waals surface area contributed by atoms with Gasteiger partial charge in [-0.2, -0.15) is 13.2 Å². The van der Waals surface area contributed by atoms with E-state index in [4.69, 9.17) is 5.73 Å². The molecule has 2 aromatic heterocycles. The summed E-state index contributed by atoms with van der Waals surface area (Å²) in [6.07, 6.45) is -0.380. The number of alkyl halides is 3. The van der Waals surface area contributed by atoms with E-state index < -0.39 is 32.1 Å². The molecule has 0 saturated carbocycles. The molecule has 1 aromatic carbocycles. The van der Waals surface area contributed by atoms with Gasteiger partial charge in [-0.15, -0.1) is 22.7 Å². The Morgan fingerprint density at radius 1 is 1.12 bits per heavy atom. The summed E-state index contributed by atoms with van der Waals surface area (Å²) in [7, 11) is -5.46. The van der Waals surface area contributed by atoms with Crippen LogP contribution in [-0.2, 0) is 38.9 Å². The monoisotopic (exact) mass is 520 g/mol. The molecular weight excluding hydrogens is 505 g/mol. The van der Waals surface area contributed by atoms with Gasteiger partial charge in [-0.25, -0.2) is 18.4 Å². The maximum atomic E-state index is 12.6. The predicted molar refractivity (Wildman–Crippen MR) is 114 cm³/mol. The number of nitrogens with one attached hydrogen (secondary N) is 1. The predicted octanol–water partition coefficient (Wildman–Crippen LogP) is 2.26. The van der Waals surface area contributed by atoms with Gasteiger partial charge in [0.25, 0.3) is 9.84 Å². The summed E-state index contributed by atoms with van der Waals surface area (Å²) in [6, 6.07) is 3.82. The number of anilines is 1. The molecule has 4 N–H and O–H groups in total. The minimum atomic E-state index is -5.46. The van der Waals surface area contributed by atoms with E-state index in [1.54, 1.807) is 5.38 Å². The first-order valence-electron chi connectivity index (χ1n) is 8.94. The van der Waals surface area contributed by atoms with Crippen molar-refractivity contribution in [2.24, 2.45) is 5.73 Å². The number of halogens is 3. The zero-order chi connectivity index (χ0) is 24.4. The first kappa shape index (κ1) is 24.8. The number of carbonyl (C=O) groups is 2. The van der Waals surface area contributed by atoms with Crippen LogP contribution in [0.4, 0.5) is 18.3 Å². The largest absolute Gasteiger partial charge is 0.501 e. The number of amides is 2. The Hall–Kier alpha value is -2.88. The first-order chi connectivity index (χ1) is 15.4. The fourth-order valence-electron chi connectivity index (χ4n) is 2.66. The van der Waals surface area contributed by atoms with Gasteiger partial charge in [0.1, 0.15) is 5.01 Å². The first-order valence-corrected chi connectivity index (χ1v) is 12.1. The zero-order valence-electron chi connectivity index (χ0n) is 16.4. The minimum absolute atomic E-state index is 0.148. The fraction of sp³-hybridized carbons (Fsp3) is 0.222. The van der Waals surface area contributed by atoms with E-state index in [1.807, 2.05) is 0 Å². The Balaban J connectivity index is 1.70. The number of benzene rings is 1. The average molecular weight is 521 g/mol. The third-order valence-corrected chi connectivity index (χ3v) is 7.47. The standard InChI is InChI=1S/C18H15F3N4O5S3/c19-18(20,21)33(29,30)10-3-1-9(2-4-10)5-14(28)25-17-24-12(8-31-17)16-11(6-13(22)27)23-15(7-26)32-16/h1-4,8,26H,5-7H2,(H2,22,27)(H,24,25,28). The van der Waals surface area contributed by atoms with Crippen molar-refractivity contribution in [2.75, 3.05) is 5.32 Å². The molecule has 2 heterocycles. The van der Waals surface area contributed by atoms with Crippen LogP contribution >= 0.6 is 22.7 Å². The molecule has 0 aliphatic heterocycles. The Bertz CT molecular complexity index is 1280. The molecule has 176 valence electrons. The highest BCUT2D eigenvalue weighted by molar-refractivity contribution is 7.92. The summed E-state index contributed by atoms with van der Waals surface area (Å²) in [6.45, 7) is -0.326. The van der Waals surface area contributed by atoms with Crippen LogP contribution < -0.4 is 11.1 Å². The Morgan fingerprint density at radius 2 is 1.79 bits per heavy atom. The van der Waals surface area contributed by atoms with Gasteiger partial charge < -0.3 is 16.2 Å². The molecule has 0 unspecified atom stereocenters. The van der Waals surface area contributed by atoms with Crippen molar-refractivity contribution in [1.29, 1.82) is 0 Å². The van der Waals surface area contributed by atoms with E-state index in [2.05, 4.69) is 15.3 Å². The summed E-state index contributed by atoms with van der Waals surface area (Å²) in [5.74, 6) is -1.14. The van der Waals surface area contributed by atoms with Gasteiger partial charge in [0, 0.05) is 5.38 Å². The third kappa shape index (κ3) is 5.73. The van der Waals surface area contributed by atoms with E-state index in [9.17, 15) is 36.3 Å². The number of nitrogens with zero attached hydrogens (tertiary/aromatic N) is 2. The highest BCUT2D eigenvalue weighted by Crippen LogP contribution is 2.33. The molecule has 0 aliphatic rings. The number of carbonyl (C=O) groups excluding carboxylic acids is 2. The number of hydrogen-bond donors (Lipinski definition) is 3. The normalized spacial score (nSPS) is 12.0. The summed E-state index contributed by atoms with van der Waals surface area (Å²) in [4.78, 5) is 31.6. The quantitative estimate of drug-likeness (QED) is 0.412. The topological polar surface area (TPSA) is 152 Å². The number of rotatable bonds is 8. The van der Waals surface area contributed by atoms with Crippen molar-refractivity contribution in [3.63, 3.8) is 0 Å². The van der Waals surface area contributed by atoms with Crippen molar-refractivity contribution in [3.05, 3.63) is 45.9 Å². The van der Waals surface area contributed by atoms with E-state index in [0.717, 1.165) is 46.9 Å². The smallest absolute Gasteiger partial charge is 0.389 e. The van der Waals surface area contributed by atoms with Gasteiger partial charge in [0.15, 0.2) is 5.13 Å². The molecule has 33 heavy (non-hydrogen) atoms. The summed E-state index contributed by atoms with van der Waals surface area (Å²) in [5, 5.41) is 14.0. The lowest BCUT2D eigenvalue weighted by Gasteiger charge is -2.08. The van der Waals surface area contributed by atoms with Crippen molar-refractivity contribution in [3.8, 4) is 10.6 Å². The maximum Gasteiger partial charge on any atom is 0.501 e. The van der Waals surface area contributed by atoms with E-state index in [0.29, 0.717) is 26.8 Å². The lowest BCUT2D eigenvalue weighted by atomic mass is 10.1. The van der Waals surface area contributed by atoms with E-state index in [1.165, 1.54) is 0 Å². The maximum absolute atomic E-state index is 12.6. The van der Waals surface area contributed by atoms with E-state index in [-0.39, 0.29) is 24.6 Å². The number of aromatic nitrogens is 2. The summed E-state index contributed by atoms with van der Waals surface area (Å²) in [5.41, 5.74) is 0.878. The van der Waals surface area contributed by atoms with Gasteiger partial charge in [-0.1, -0.05) is 12.1 Å². The Labute approximate surface area is 193 Å². The number of hydrogen-bond acceptors (Lipinski definition) is 9. The minimum Gasteiger partial charge on any atom is -0.389 e. The van der Waals surface area contributed by atoms with Gasteiger partial charge in [0.2, 0.25) is 11.8 Å². The van der Waals surface area contributed by atoms with Crippen LogP contribution in [0, 0.1) is 0 Å². The van der Waals surface area contributed by atoms with Crippen molar-refractivity contribution in [1.82, 2.24) is 9.97 Å². The number of sulfone groups is 1. The molecule has 2 amide bonds. The van der Waals surface area contributed by atoms with Gasteiger partial charge in [-0.05, 0) is 17.7 Å². The summed E-state index contributed by atoms with van der Waals surface area (Å²) < 4.78 is 60.6. The van der Waals surface area contributed by atoms with Crippen molar-refractivity contribution < 1.29 is 36.3 Å². The zero-order valence-corrected chi connectivity index (χ0v) is 18.9. The summed E-state index contributed by atoms with van der Waals surface area (Å²) >= 11 is 2.22. The second-order valence-corrected chi connectivity index (χ2v) is 10.4. The molecule has 3 rings (SSSR count). The molecule has 0 aliphatic carbocycles. The van der Waals surface area contributed by atoms with Crippen LogP contribution in [0.25, 0.3) is 10.6 Å². The molecule has 0 fully saturated rings. The fourth-order valence-corrected chi connectivity index (χ4v) is 5.11. The highest BCUT2D eigenvalue weighted by Gasteiger charge is 2.46. The number of aliphatic hydroxyl groups is 1. The lowest BCUT2D eigenvalue weighted by molar-refractivity contribution is -0.117. The van der Waals surface area contributed by atoms with Gasteiger partial charge in [-0.3, -0.25) is 9.59 Å². The molecule has 0 saturated heterocycles. The number of aliphatic hydroxyl groups excluding tert-OH is 1. The second kappa shape index (κ2) is 9.54. The third-order valence-electron chi connectivity index (χ3n) is 4.10. The molecule has 0 bridgehead atoms. The molecule has 15 heteroatoms. The molecule has 0 atom stereocenters. The number of thiazole rings is 2. The molecular formula is C18H15F3N4O5S3. The Kier molecular flexibility index (Phi) is 7.16. The second-order valence-electron chi connectivity index (χ2n) is 6.54. The van der Waals surface area contributed by atoms with Crippen LogP contribution in [0.5, 0.6) is 0 Å². The average Bonchev–Trinajstić information content (AvgIpc) is 3.33. The van der Waals surface area contributed by atoms with Crippen molar-refractivity contribution in [2.45, 2.75) is 29.9 Å². The van der Waals surface area contributed by atoms with Crippen LogP contribution in [0.1, 0.15) is 16.3 Å². The molecule has 3 aromatic rings. The lowest BCUT2D eigenvalue weighted by Crippen LogP contribution is -2.23. The van der Waals surface area contributed by atoms with Crippen molar-refractivity contribution >= 4 is 49.5 Å². The van der Waals surface area contributed by atoms with Crippen LogP contribution in [0.2, 0.25) is 0 Å². The molecule has 9 nitrogen and oxygen atoms in total. The molecule has 0 radical (unpaired) electrons. The van der Waals surface area contributed by atoms with Gasteiger partial charge in [0.05, 0.1) is 40.6 Å². The highest BCUT2D eigenvalue weighted by atomic mass is 32.2.